The van der Waals surface area contributed by atoms with E-state index >= 15 is 0 Å². The van der Waals surface area contributed by atoms with Crippen molar-refractivity contribution in [2.45, 2.75) is 61.4 Å². The first kappa shape index (κ1) is 22.6. The molecule has 1 aliphatic rings. The second-order valence-corrected chi connectivity index (χ2v) is 11.5. The molecule has 1 aromatic carbocycles. The summed E-state index contributed by atoms with van der Waals surface area (Å²) in [6, 6.07) is 9.48. The Balaban J connectivity index is 1.52. The van der Waals surface area contributed by atoms with Gasteiger partial charge in [-0.25, -0.2) is 9.38 Å². The van der Waals surface area contributed by atoms with Crippen LogP contribution in [0.1, 0.15) is 37.6 Å². The lowest BCUT2D eigenvalue weighted by Crippen LogP contribution is -2.33. The smallest absolute Gasteiger partial charge is 0.237 e. The zero-order valence-electron chi connectivity index (χ0n) is 18.9. The number of hydrogen-bond acceptors (Lipinski definition) is 8. The number of anilines is 1. The Kier molecular flexibility index (Phi) is 6.11. The number of thiophene rings is 1. The van der Waals surface area contributed by atoms with Crippen molar-refractivity contribution >= 4 is 62.3 Å². The van der Waals surface area contributed by atoms with E-state index < -0.39 is 0 Å². The van der Waals surface area contributed by atoms with E-state index in [1.165, 1.54) is 22.2 Å². The highest BCUT2D eigenvalue weighted by molar-refractivity contribution is 8.00. The number of nitrogens with zero attached hydrogens (tertiary/aromatic N) is 4. The molecule has 172 valence electrons. The molecule has 33 heavy (non-hydrogen) atoms. The molecular weight excluding hydrogens is 474 g/mol. The highest BCUT2D eigenvalue weighted by Crippen LogP contribution is 2.42. The summed E-state index contributed by atoms with van der Waals surface area (Å²) in [7, 11) is 0. The quantitative estimate of drug-likeness (QED) is 0.280. The monoisotopic (exact) mass is 499 g/mol. The molecule has 4 aromatic rings. The summed E-state index contributed by atoms with van der Waals surface area (Å²) in [4.78, 5) is 19.9. The molecule has 0 saturated heterocycles. The molecule has 7 nitrogen and oxygen atoms in total. The van der Waals surface area contributed by atoms with Crippen molar-refractivity contribution in [3.05, 3.63) is 40.8 Å². The van der Waals surface area contributed by atoms with Gasteiger partial charge in [0.2, 0.25) is 5.91 Å². The van der Waals surface area contributed by atoms with Gasteiger partial charge in [0.15, 0.2) is 16.0 Å². The van der Waals surface area contributed by atoms with Crippen molar-refractivity contribution < 1.29 is 9.53 Å². The lowest BCUT2D eigenvalue weighted by Gasteiger charge is -2.33. The molecule has 3 aromatic heterocycles. The normalized spacial score (nSPS) is 19.0. The van der Waals surface area contributed by atoms with Crippen LogP contribution in [-0.4, -0.2) is 42.6 Å². The van der Waals surface area contributed by atoms with E-state index in [0.29, 0.717) is 11.8 Å². The number of fused-ring (bicyclic) bond motifs is 5. The average Bonchev–Trinajstić information content (AvgIpc) is 3.39. The Morgan fingerprint density at radius 1 is 1.30 bits per heavy atom. The summed E-state index contributed by atoms with van der Waals surface area (Å²) in [5, 5.41) is 14.2. The van der Waals surface area contributed by atoms with Gasteiger partial charge < -0.3 is 10.1 Å². The number of rotatable bonds is 6. The maximum Gasteiger partial charge on any atom is 0.237 e. The molecular formula is C23H25N5O2S3. The van der Waals surface area contributed by atoms with E-state index in [4.69, 9.17) is 9.72 Å². The van der Waals surface area contributed by atoms with Crippen LogP contribution in [0.3, 0.4) is 0 Å². The topological polar surface area (TPSA) is 81.4 Å². The van der Waals surface area contributed by atoms with E-state index in [0.717, 1.165) is 39.5 Å². The number of amides is 1. The predicted octanol–water partition coefficient (Wildman–Crippen LogP) is 5.42. The highest BCUT2D eigenvalue weighted by Gasteiger charge is 2.34. The molecule has 0 spiro atoms. The van der Waals surface area contributed by atoms with Gasteiger partial charge in [-0.2, -0.15) is 0 Å². The first-order valence-corrected chi connectivity index (χ1v) is 13.7. The van der Waals surface area contributed by atoms with Crippen LogP contribution >= 0.6 is 34.9 Å². The number of hydrogen-bond donors (Lipinski definition) is 1. The number of nitrogens with one attached hydrogen (secondary N) is 1. The molecule has 4 heterocycles. The largest absolute Gasteiger partial charge is 0.369 e. The van der Waals surface area contributed by atoms with E-state index in [-0.39, 0.29) is 16.8 Å². The molecule has 10 heteroatoms. The van der Waals surface area contributed by atoms with Crippen LogP contribution in [-0.2, 0) is 22.6 Å². The third-order valence-electron chi connectivity index (χ3n) is 6.04. The minimum Gasteiger partial charge on any atom is -0.369 e. The van der Waals surface area contributed by atoms with Crippen LogP contribution in [0, 0.1) is 0 Å². The predicted molar refractivity (Wildman–Crippen MR) is 136 cm³/mol. The van der Waals surface area contributed by atoms with Crippen LogP contribution in [0.2, 0.25) is 0 Å². The lowest BCUT2D eigenvalue weighted by atomic mass is 9.90. The van der Waals surface area contributed by atoms with E-state index in [1.807, 2.05) is 47.9 Å². The Morgan fingerprint density at radius 3 is 2.82 bits per heavy atom. The molecule has 0 saturated carbocycles. The molecule has 0 aliphatic carbocycles. The van der Waals surface area contributed by atoms with Gasteiger partial charge in [0.05, 0.1) is 22.8 Å². The van der Waals surface area contributed by atoms with Crippen molar-refractivity contribution in [1.82, 2.24) is 19.6 Å². The van der Waals surface area contributed by atoms with E-state index in [9.17, 15) is 4.79 Å². The van der Waals surface area contributed by atoms with Crippen LogP contribution in [0.15, 0.2) is 40.6 Å². The molecule has 5 rings (SSSR count). The third kappa shape index (κ3) is 4.14. The van der Waals surface area contributed by atoms with Crippen molar-refractivity contribution in [1.29, 1.82) is 0 Å². The molecule has 2 atom stereocenters. The van der Waals surface area contributed by atoms with Crippen molar-refractivity contribution in [3.63, 3.8) is 0 Å². The number of carbonyl (C=O) groups is 1. The Morgan fingerprint density at radius 2 is 2.09 bits per heavy atom. The lowest BCUT2D eigenvalue weighted by molar-refractivity contribution is -0.115. The van der Waals surface area contributed by atoms with Gasteiger partial charge in [0, 0.05) is 17.0 Å². The number of thioether (sulfide) groups is 2. The number of benzene rings is 1. The summed E-state index contributed by atoms with van der Waals surface area (Å²) in [5.74, 6) is -0.0773. The maximum absolute atomic E-state index is 12.8. The number of aromatic nitrogens is 4. The molecule has 1 aliphatic heterocycles. The van der Waals surface area contributed by atoms with Crippen molar-refractivity contribution in [2.24, 2.45) is 0 Å². The van der Waals surface area contributed by atoms with Crippen LogP contribution in [0.4, 0.5) is 5.69 Å². The number of carbonyl (C=O) groups excluding carboxylic acids is 1. The summed E-state index contributed by atoms with van der Waals surface area (Å²) in [6.07, 6.45) is 3.77. The standard InChI is InChI=1S/C23H25N5O2S3/c1-5-23(3)11-15-16(12-30-23)33-20-17(15)18-26-27-22(28(18)21(25-20)31-4)32-13(2)19(29)24-14-9-7-6-8-10-14/h6-10,13H,5,11-12H2,1-4H3,(H,24,29)/t13-,23+/m0/s1. The Hall–Kier alpha value is -2.14. The van der Waals surface area contributed by atoms with Gasteiger partial charge in [-0.3, -0.25) is 4.79 Å². The molecule has 0 fully saturated rings. The van der Waals surface area contributed by atoms with Gasteiger partial charge in [-0.05, 0) is 44.2 Å². The summed E-state index contributed by atoms with van der Waals surface area (Å²) >= 11 is 4.63. The highest BCUT2D eigenvalue weighted by atomic mass is 32.2. The second kappa shape index (κ2) is 8.90. The third-order valence-corrected chi connectivity index (χ3v) is 8.82. The van der Waals surface area contributed by atoms with Gasteiger partial charge >= 0.3 is 0 Å². The summed E-state index contributed by atoms with van der Waals surface area (Å²) in [5.41, 5.74) is 2.67. The van der Waals surface area contributed by atoms with Gasteiger partial charge in [0.1, 0.15) is 4.83 Å². The van der Waals surface area contributed by atoms with E-state index in [2.05, 4.69) is 29.4 Å². The fourth-order valence-electron chi connectivity index (χ4n) is 3.93. The van der Waals surface area contributed by atoms with Crippen LogP contribution in [0.5, 0.6) is 0 Å². The Bertz CT molecular complexity index is 1340. The van der Waals surface area contributed by atoms with Crippen LogP contribution < -0.4 is 5.32 Å². The van der Waals surface area contributed by atoms with E-state index in [1.54, 1.807) is 23.1 Å². The van der Waals surface area contributed by atoms with Crippen molar-refractivity contribution in [2.75, 3.05) is 11.6 Å². The summed E-state index contributed by atoms with van der Waals surface area (Å²) < 4.78 is 8.15. The molecule has 1 N–H and O–H groups in total. The summed E-state index contributed by atoms with van der Waals surface area (Å²) in [6.45, 7) is 6.81. The SMILES string of the molecule is CC[C@]1(C)Cc2c(sc3nc(SC)n4c(S[C@@H](C)C(=O)Nc5ccccc5)nnc4c23)CO1. The Labute approximate surface area is 204 Å². The maximum atomic E-state index is 12.8. The van der Waals surface area contributed by atoms with Gasteiger partial charge in [-0.15, -0.1) is 21.5 Å². The minimum absolute atomic E-state index is 0.0773. The first-order chi connectivity index (χ1) is 15.9. The zero-order valence-corrected chi connectivity index (χ0v) is 21.4. The fourth-order valence-corrected chi connectivity index (χ4v) is 6.53. The average molecular weight is 500 g/mol. The minimum atomic E-state index is -0.351. The first-order valence-electron chi connectivity index (χ1n) is 10.8. The number of ether oxygens (including phenoxy) is 1. The zero-order chi connectivity index (χ0) is 23.2. The molecule has 0 bridgehead atoms. The fraction of sp³-hybridized carbons (Fsp3) is 0.391. The molecule has 0 radical (unpaired) electrons. The number of para-hydroxylation sites is 1. The van der Waals surface area contributed by atoms with Crippen molar-refractivity contribution in [3.8, 4) is 0 Å². The molecule has 0 unspecified atom stereocenters. The van der Waals surface area contributed by atoms with Gasteiger partial charge in [0.25, 0.3) is 0 Å². The van der Waals surface area contributed by atoms with Crippen LogP contribution in [0.25, 0.3) is 15.9 Å². The second-order valence-electron chi connectivity index (χ2n) is 8.31. The molecule has 1 amide bonds. The van der Waals surface area contributed by atoms with Gasteiger partial charge in [-0.1, -0.05) is 48.6 Å².